The van der Waals surface area contributed by atoms with E-state index in [9.17, 15) is 9.59 Å². The van der Waals surface area contributed by atoms with Gasteiger partial charge in [-0.2, -0.15) is 9.50 Å². The van der Waals surface area contributed by atoms with E-state index < -0.39 is 0 Å². The highest BCUT2D eigenvalue weighted by Gasteiger charge is 2.13. The molecule has 0 saturated heterocycles. The maximum absolute atomic E-state index is 12.8. The standard InChI is InChI=1S/C23H14ClN3O3S/c1-13(28)14-2-4-15(5-3-14)19-11-10-18(30-19)12-20-22(29)27-23(31-20)25-21(26-27)16-6-8-17(24)9-7-16/h2-12H,1H3/b20-12-. The molecule has 152 valence electrons. The Kier molecular flexibility index (Phi) is 4.77. The summed E-state index contributed by atoms with van der Waals surface area (Å²) in [6, 6.07) is 17.9. The Morgan fingerprint density at radius 2 is 1.74 bits per heavy atom. The van der Waals surface area contributed by atoms with Crippen LogP contribution < -0.4 is 10.1 Å². The van der Waals surface area contributed by atoms with Crippen LogP contribution in [0.4, 0.5) is 0 Å². The number of ketones is 1. The average Bonchev–Trinajstić information content (AvgIpc) is 3.47. The molecule has 0 bridgehead atoms. The third kappa shape index (κ3) is 3.69. The molecule has 5 aromatic rings. The summed E-state index contributed by atoms with van der Waals surface area (Å²) in [6.45, 7) is 1.53. The fourth-order valence-corrected chi connectivity index (χ4v) is 4.15. The molecule has 8 heteroatoms. The monoisotopic (exact) mass is 447 g/mol. The average molecular weight is 448 g/mol. The number of hydrogen-bond donors (Lipinski definition) is 0. The molecule has 2 aromatic carbocycles. The van der Waals surface area contributed by atoms with Crippen molar-refractivity contribution < 1.29 is 9.21 Å². The van der Waals surface area contributed by atoms with E-state index in [1.54, 1.807) is 36.4 Å². The van der Waals surface area contributed by atoms with Gasteiger partial charge in [0.25, 0.3) is 5.56 Å². The minimum atomic E-state index is -0.253. The Bertz CT molecular complexity index is 1530. The van der Waals surface area contributed by atoms with Crippen molar-refractivity contribution in [3.05, 3.63) is 91.9 Å². The zero-order valence-electron chi connectivity index (χ0n) is 16.2. The van der Waals surface area contributed by atoms with Crippen LogP contribution in [0, 0.1) is 0 Å². The number of carbonyl (C=O) groups is 1. The van der Waals surface area contributed by atoms with Crippen molar-refractivity contribution in [2.75, 3.05) is 0 Å². The van der Waals surface area contributed by atoms with Gasteiger partial charge in [0.15, 0.2) is 11.6 Å². The first kappa shape index (κ1) is 19.4. The van der Waals surface area contributed by atoms with Gasteiger partial charge in [-0.25, -0.2) is 0 Å². The van der Waals surface area contributed by atoms with Crippen LogP contribution in [-0.4, -0.2) is 20.4 Å². The number of nitrogens with zero attached hydrogens (tertiary/aromatic N) is 3. The Morgan fingerprint density at radius 3 is 2.42 bits per heavy atom. The van der Waals surface area contributed by atoms with E-state index in [1.807, 2.05) is 30.3 Å². The van der Waals surface area contributed by atoms with Crippen molar-refractivity contribution in [3.8, 4) is 22.7 Å². The second-order valence-corrected chi connectivity index (χ2v) is 8.33. The quantitative estimate of drug-likeness (QED) is 0.379. The molecule has 0 atom stereocenters. The van der Waals surface area contributed by atoms with Crippen LogP contribution in [0.2, 0.25) is 5.02 Å². The van der Waals surface area contributed by atoms with Gasteiger partial charge in [0.2, 0.25) is 4.96 Å². The Hall–Kier alpha value is -3.55. The number of hydrogen-bond acceptors (Lipinski definition) is 6. The van der Waals surface area contributed by atoms with Gasteiger partial charge >= 0.3 is 0 Å². The molecule has 0 unspecified atom stereocenters. The highest BCUT2D eigenvalue weighted by molar-refractivity contribution is 7.15. The van der Waals surface area contributed by atoms with Gasteiger partial charge in [-0.1, -0.05) is 47.2 Å². The first-order valence-electron chi connectivity index (χ1n) is 9.36. The predicted octanol–water partition coefficient (Wildman–Crippen LogP) is 4.48. The van der Waals surface area contributed by atoms with Gasteiger partial charge in [-0.3, -0.25) is 9.59 Å². The molecule has 3 heterocycles. The number of carbonyl (C=O) groups excluding carboxylic acids is 1. The third-order valence-corrected chi connectivity index (χ3v) is 5.97. The summed E-state index contributed by atoms with van der Waals surface area (Å²) < 4.78 is 7.64. The molecule has 0 fully saturated rings. The van der Waals surface area contributed by atoms with E-state index in [2.05, 4.69) is 10.1 Å². The predicted molar refractivity (Wildman–Crippen MR) is 121 cm³/mol. The molecule has 0 spiro atoms. The topological polar surface area (TPSA) is 77.5 Å². The summed E-state index contributed by atoms with van der Waals surface area (Å²) in [5, 5.41) is 4.96. The number of furan rings is 1. The molecular formula is C23H14ClN3O3S. The molecule has 3 aromatic heterocycles. The van der Waals surface area contributed by atoms with Gasteiger partial charge in [0.05, 0.1) is 0 Å². The van der Waals surface area contributed by atoms with Crippen LogP contribution in [0.25, 0.3) is 33.7 Å². The minimum Gasteiger partial charge on any atom is -0.457 e. The molecule has 0 aliphatic rings. The SMILES string of the molecule is CC(=O)c1ccc(-c2ccc(/C=c3\sc4nc(-c5ccc(Cl)cc5)nn4c3=O)o2)cc1. The van der Waals surface area contributed by atoms with Gasteiger partial charge in [-0.05, 0) is 43.3 Å². The number of rotatable bonds is 4. The van der Waals surface area contributed by atoms with Crippen molar-refractivity contribution in [3.63, 3.8) is 0 Å². The van der Waals surface area contributed by atoms with Gasteiger partial charge in [-0.15, -0.1) is 5.10 Å². The molecule has 0 saturated carbocycles. The molecule has 0 amide bonds. The van der Waals surface area contributed by atoms with Gasteiger partial charge in [0.1, 0.15) is 16.1 Å². The van der Waals surface area contributed by atoms with Gasteiger partial charge < -0.3 is 4.42 Å². The number of benzene rings is 2. The molecule has 5 rings (SSSR count). The summed E-state index contributed by atoms with van der Waals surface area (Å²) in [7, 11) is 0. The molecule has 31 heavy (non-hydrogen) atoms. The highest BCUT2D eigenvalue weighted by atomic mass is 35.5. The second kappa shape index (κ2) is 7.61. The number of fused-ring (bicyclic) bond motifs is 1. The van der Waals surface area contributed by atoms with E-state index >= 15 is 0 Å². The summed E-state index contributed by atoms with van der Waals surface area (Å²) in [6.07, 6.45) is 1.68. The second-order valence-electron chi connectivity index (χ2n) is 6.89. The number of aromatic nitrogens is 3. The summed E-state index contributed by atoms with van der Waals surface area (Å²) in [5.41, 5.74) is 2.03. The molecule has 0 aliphatic carbocycles. The van der Waals surface area contributed by atoms with Crippen LogP contribution in [0.15, 0.2) is 69.9 Å². The van der Waals surface area contributed by atoms with E-state index in [4.69, 9.17) is 16.0 Å². The maximum atomic E-state index is 12.8. The zero-order chi connectivity index (χ0) is 21.5. The first-order chi connectivity index (χ1) is 15.0. The lowest BCUT2D eigenvalue weighted by Crippen LogP contribution is -2.23. The lowest BCUT2D eigenvalue weighted by atomic mass is 10.1. The largest absolute Gasteiger partial charge is 0.457 e. The lowest BCUT2D eigenvalue weighted by molar-refractivity contribution is 0.101. The van der Waals surface area contributed by atoms with Crippen LogP contribution in [0.1, 0.15) is 23.0 Å². The van der Waals surface area contributed by atoms with Crippen molar-refractivity contribution in [2.24, 2.45) is 0 Å². The Labute approximate surface area is 185 Å². The Morgan fingerprint density at radius 1 is 1.03 bits per heavy atom. The number of halogens is 1. The maximum Gasteiger partial charge on any atom is 0.291 e. The normalized spacial score (nSPS) is 12.0. The molecule has 0 N–H and O–H groups in total. The van der Waals surface area contributed by atoms with Crippen molar-refractivity contribution >= 4 is 39.8 Å². The Balaban J connectivity index is 1.47. The smallest absolute Gasteiger partial charge is 0.291 e. The first-order valence-corrected chi connectivity index (χ1v) is 10.6. The number of thiazole rings is 1. The molecule has 6 nitrogen and oxygen atoms in total. The fourth-order valence-electron chi connectivity index (χ4n) is 3.14. The molecular weight excluding hydrogens is 434 g/mol. The van der Waals surface area contributed by atoms with E-state index in [1.165, 1.54) is 22.8 Å². The minimum absolute atomic E-state index is 0.0125. The summed E-state index contributed by atoms with van der Waals surface area (Å²) >= 11 is 7.16. The highest BCUT2D eigenvalue weighted by Crippen LogP contribution is 2.23. The lowest BCUT2D eigenvalue weighted by Gasteiger charge is -1.98. The van der Waals surface area contributed by atoms with Crippen molar-refractivity contribution in [1.29, 1.82) is 0 Å². The van der Waals surface area contributed by atoms with Crippen LogP contribution in [-0.2, 0) is 0 Å². The fraction of sp³-hybridized carbons (Fsp3) is 0.0435. The van der Waals surface area contributed by atoms with Crippen LogP contribution in [0.3, 0.4) is 0 Å². The van der Waals surface area contributed by atoms with Gasteiger partial charge in [0, 0.05) is 27.8 Å². The van der Waals surface area contributed by atoms with E-state index in [0.717, 1.165) is 11.1 Å². The zero-order valence-corrected chi connectivity index (χ0v) is 17.8. The molecule has 0 radical (unpaired) electrons. The van der Waals surface area contributed by atoms with E-state index in [-0.39, 0.29) is 11.3 Å². The summed E-state index contributed by atoms with van der Waals surface area (Å²) in [5.74, 6) is 1.68. The summed E-state index contributed by atoms with van der Waals surface area (Å²) in [4.78, 5) is 29.1. The van der Waals surface area contributed by atoms with Crippen molar-refractivity contribution in [1.82, 2.24) is 14.6 Å². The molecule has 0 aliphatic heterocycles. The third-order valence-electron chi connectivity index (χ3n) is 4.76. The van der Waals surface area contributed by atoms with Crippen LogP contribution in [0.5, 0.6) is 0 Å². The van der Waals surface area contributed by atoms with Crippen LogP contribution >= 0.6 is 22.9 Å². The van der Waals surface area contributed by atoms with Crippen molar-refractivity contribution in [2.45, 2.75) is 6.92 Å². The van der Waals surface area contributed by atoms with E-state index in [0.29, 0.717) is 37.4 Å². The number of Topliss-reactive ketones (excluding diaryl/α,β-unsaturated/α-hetero) is 1.